The molecule has 1 aromatic rings. The second-order valence-electron chi connectivity index (χ2n) is 8.15. The van der Waals surface area contributed by atoms with Crippen molar-refractivity contribution in [1.82, 2.24) is 10.3 Å². The van der Waals surface area contributed by atoms with Crippen molar-refractivity contribution in [3.63, 3.8) is 0 Å². The van der Waals surface area contributed by atoms with Crippen molar-refractivity contribution in [2.75, 3.05) is 0 Å². The van der Waals surface area contributed by atoms with Gasteiger partial charge in [0.15, 0.2) is 0 Å². The monoisotopic (exact) mass is 318 g/mol. The van der Waals surface area contributed by atoms with Gasteiger partial charge in [-0.05, 0) is 54.5 Å². The first-order valence-electron chi connectivity index (χ1n) is 8.01. The lowest BCUT2D eigenvalue weighted by Crippen LogP contribution is -2.41. The molecule has 0 bridgehead atoms. The molecule has 23 heavy (non-hydrogen) atoms. The van der Waals surface area contributed by atoms with Crippen LogP contribution in [0.25, 0.3) is 0 Å². The van der Waals surface area contributed by atoms with E-state index in [1.807, 2.05) is 60.6 Å². The summed E-state index contributed by atoms with van der Waals surface area (Å²) in [7, 11) is -0.426. The van der Waals surface area contributed by atoms with Crippen LogP contribution in [-0.2, 0) is 20.5 Å². The maximum atomic E-state index is 11.9. The van der Waals surface area contributed by atoms with Gasteiger partial charge in [0.25, 0.3) is 0 Å². The van der Waals surface area contributed by atoms with Crippen LogP contribution >= 0.6 is 0 Å². The lowest BCUT2D eigenvalue weighted by atomic mass is 9.80. The van der Waals surface area contributed by atoms with E-state index in [1.165, 1.54) is 0 Å². The third kappa shape index (κ3) is 4.33. The summed E-state index contributed by atoms with van der Waals surface area (Å²) in [5.74, 6) is -0.0339. The molecule has 1 saturated heterocycles. The molecule has 126 valence electrons. The number of nitrogens with one attached hydrogen (secondary N) is 1. The number of aromatic nitrogens is 1. The highest BCUT2D eigenvalue weighted by molar-refractivity contribution is 6.62. The molecule has 1 aromatic heterocycles. The SMILES string of the molecule is CC(C)(C)NC(=O)Cc1ccc(B2OC(C)(C)C(C)(C)O2)cn1. The van der Waals surface area contributed by atoms with Crippen molar-refractivity contribution in [2.24, 2.45) is 0 Å². The first kappa shape index (κ1) is 18.0. The van der Waals surface area contributed by atoms with Crippen LogP contribution in [0.5, 0.6) is 0 Å². The van der Waals surface area contributed by atoms with E-state index >= 15 is 0 Å². The van der Waals surface area contributed by atoms with E-state index in [2.05, 4.69) is 10.3 Å². The van der Waals surface area contributed by atoms with E-state index in [0.29, 0.717) is 0 Å². The van der Waals surface area contributed by atoms with Crippen molar-refractivity contribution < 1.29 is 14.1 Å². The van der Waals surface area contributed by atoms with Crippen LogP contribution in [0.15, 0.2) is 18.3 Å². The molecule has 0 radical (unpaired) electrons. The molecule has 0 unspecified atom stereocenters. The lowest BCUT2D eigenvalue weighted by Gasteiger charge is -2.32. The van der Waals surface area contributed by atoms with Gasteiger partial charge in [-0.3, -0.25) is 9.78 Å². The topological polar surface area (TPSA) is 60.5 Å². The number of carbonyl (C=O) groups excluding carboxylic acids is 1. The molecule has 0 aromatic carbocycles. The van der Waals surface area contributed by atoms with Gasteiger partial charge in [0.05, 0.1) is 17.6 Å². The van der Waals surface area contributed by atoms with Gasteiger partial charge in [-0.1, -0.05) is 6.07 Å². The van der Waals surface area contributed by atoms with Crippen LogP contribution in [0.3, 0.4) is 0 Å². The van der Waals surface area contributed by atoms with Crippen LogP contribution in [0.1, 0.15) is 54.2 Å². The molecular weight excluding hydrogens is 291 g/mol. The zero-order chi connectivity index (χ0) is 17.5. The average molecular weight is 318 g/mol. The molecule has 0 spiro atoms. The average Bonchev–Trinajstić information content (AvgIpc) is 2.56. The van der Waals surface area contributed by atoms with Gasteiger partial charge in [-0.25, -0.2) is 0 Å². The Kier molecular flexibility index (Phi) is 4.61. The van der Waals surface area contributed by atoms with Gasteiger partial charge >= 0.3 is 7.12 Å². The van der Waals surface area contributed by atoms with E-state index in [9.17, 15) is 4.79 Å². The predicted molar refractivity (Wildman–Crippen MR) is 91.6 cm³/mol. The second kappa shape index (κ2) is 5.91. The zero-order valence-electron chi connectivity index (χ0n) is 15.2. The Morgan fingerprint density at radius 3 is 2.17 bits per heavy atom. The summed E-state index contributed by atoms with van der Waals surface area (Å²) in [5, 5.41) is 2.93. The number of carbonyl (C=O) groups is 1. The van der Waals surface area contributed by atoms with Gasteiger partial charge in [0.1, 0.15) is 0 Å². The summed E-state index contributed by atoms with van der Waals surface area (Å²) in [4.78, 5) is 16.3. The standard InChI is InChI=1S/C17H27BN2O3/c1-15(2,3)20-14(21)10-13-9-8-12(11-19-13)18-22-16(4,5)17(6,7)23-18/h8-9,11H,10H2,1-7H3,(H,20,21). The molecule has 1 N–H and O–H groups in total. The Labute approximate surface area is 139 Å². The Balaban J connectivity index is 2.02. The number of hydrogen-bond acceptors (Lipinski definition) is 4. The molecule has 0 saturated carbocycles. The Morgan fingerprint density at radius 1 is 1.17 bits per heavy atom. The van der Waals surface area contributed by atoms with E-state index < -0.39 is 7.12 Å². The molecule has 1 amide bonds. The quantitative estimate of drug-likeness (QED) is 0.864. The summed E-state index contributed by atoms with van der Waals surface area (Å²) in [6.45, 7) is 14.0. The fourth-order valence-corrected chi connectivity index (χ4v) is 2.29. The molecule has 1 aliphatic rings. The second-order valence-corrected chi connectivity index (χ2v) is 8.15. The van der Waals surface area contributed by atoms with Gasteiger partial charge in [-0.15, -0.1) is 0 Å². The summed E-state index contributed by atoms with van der Waals surface area (Å²) in [5.41, 5.74) is 0.613. The Bertz CT molecular complexity index is 560. The maximum absolute atomic E-state index is 11.9. The molecule has 0 atom stereocenters. The third-order valence-electron chi connectivity index (χ3n) is 4.23. The molecule has 1 fully saturated rings. The van der Waals surface area contributed by atoms with E-state index in [4.69, 9.17) is 9.31 Å². The minimum Gasteiger partial charge on any atom is -0.399 e. The lowest BCUT2D eigenvalue weighted by molar-refractivity contribution is -0.121. The van der Waals surface area contributed by atoms with Crippen LogP contribution < -0.4 is 10.8 Å². The zero-order valence-corrected chi connectivity index (χ0v) is 15.2. The van der Waals surface area contributed by atoms with E-state index in [-0.39, 0.29) is 29.1 Å². The van der Waals surface area contributed by atoms with Gasteiger partial charge in [0.2, 0.25) is 5.91 Å². The summed E-state index contributed by atoms with van der Waals surface area (Å²) >= 11 is 0. The van der Waals surface area contributed by atoms with E-state index in [1.54, 1.807) is 6.20 Å². The Morgan fingerprint density at radius 2 is 1.74 bits per heavy atom. The van der Waals surface area contributed by atoms with Crippen molar-refractivity contribution >= 4 is 18.5 Å². The molecule has 1 aliphatic heterocycles. The molecule has 2 rings (SSSR count). The number of hydrogen-bond donors (Lipinski definition) is 1. The minimum absolute atomic E-state index is 0.0339. The van der Waals surface area contributed by atoms with Crippen LogP contribution in [-0.4, -0.2) is 34.8 Å². The normalized spacial score (nSPS) is 19.7. The summed E-state index contributed by atoms with van der Waals surface area (Å²) in [6, 6.07) is 3.76. The minimum atomic E-state index is -0.426. The first-order valence-corrected chi connectivity index (χ1v) is 8.01. The first-order chi connectivity index (χ1) is 10.4. The van der Waals surface area contributed by atoms with Crippen LogP contribution in [0.2, 0.25) is 0 Å². The van der Waals surface area contributed by atoms with Crippen molar-refractivity contribution in [3.8, 4) is 0 Å². The molecular formula is C17H27BN2O3. The fourth-order valence-electron chi connectivity index (χ4n) is 2.29. The third-order valence-corrected chi connectivity index (χ3v) is 4.23. The van der Waals surface area contributed by atoms with Crippen LogP contribution in [0.4, 0.5) is 0 Å². The Hall–Kier alpha value is -1.40. The van der Waals surface area contributed by atoms with Crippen LogP contribution in [0, 0.1) is 0 Å². The van der Waals surface area contributed by atoms with Crippen molar-refractivity contribution in [3.05, 3.63) is 24.0 Å². The summed E-state index contributed by atoms with van der Waals surface area (Å²) in [6.07, 6.45) is 1.99. The highest BCUT2D eigenvalue weighted by Crippen LogP contribution is 2.36. The molecule has 0 aliphatic carbocycles. The molecule has 5 nitrogen and oxygen atoms in total. The highest BCUT2D eigenvalue weighted by atomic mass is 16.7. The summed E-state index contributed by atoms with van der Waals surface area (Å²) < 4.78 is 12.0. The number of amides is 1. The number of pyridine rings is 1. The van der Waals surface area contributed by atoms with Crippen molar-refractivity contribution in [2.45, 2.75) is 71.6 Å². The van der Waals surface area contributed by atoms with Gasteiger partial charge < -0.3 is 14.6 Å². The maximum Gasteiger partial charge on any atom is 0.496 e. The smallest absolute Gasteiger partial charge is 0.399 e. The fraction of sp³-hybridized carbons (Fsp3) is 0.647. The predicted octanol–water partition coefficient (Wildman–Crippen LogP) is 1.84. The number of nitrogens with zero attached hydrogens (tertiary/aromatic N) is 1. The van der Waals surface area contributed by atoms with Crippen molar-refractivity contribution in [1.29, 1.82) is 0 Å². The molecule has 6 heteroatoms. The van der Waals surface area contributed by atoms with E-state index in [0.717, 1.165) is 11.2 Å². The van der Waals surface area contributed by atoms with Gasteiger partial charge in [-0.2, -0.15) is 0 Å². The largest absolute Gasteiger partial charge is 0.496 e. The van der Waals surface area contributed by atoms with Gasteiger partial charge in [0, 0.05) is 22.9 Å². The number of rotatable bonds is 3. The molecule has 2 heterocycles. The highest BCUT2D eigenvalue weighted by Gasteiger charge is 2.51.